The van der Waals surface area contributed by atoms with Crippen LogP contribution in [0.3, 0.4) is 0 Å². The Bertz CT molecular complexity index is 585. The second-order valence-electron chi connectivity index (χ2n) is 3.54. The maximum Gasteiger partial charge on any atom is 0.307 e. The van der Waals surface area contributed by atoms with Gasteiger partial charge in [-0.2, -0.15) is 0 Å². The third-order valence-corrected chi connectivity index (χ3v) is 3.85. The number of rotatable bonds is 4. The molecule has 0 amide bonds. The fraction of sp³-hybridized carbons (Fsp3) is 0.333. The van der Waals surface area contributed by atoms with Crippen molar-refractivity contribution in [2.24, 2.45) is 0 Å². The van der Waals surface area contributed by atoms with Crippen LogP contribution in [0.4, 0.5) is 0 Å². The molecule has 0 saturated heterocycles. The van der Waals surface area contributed by atoms with Crippen molar-refractivity contribution in [3.63, 3.8) is 0 Å². The summed E-state index contributed by atoms with van der Waals surface area (Å²) in [7, 11) is 0. The van der Waals surface area contributed by atoms with E-state index in [4.69, 9.17) is 17.0 Å². The summed E-state index contributed by atoms with van der Waals surface area (Å²) in [6.07, 6.45) is 0.364. The van der Waals surface area contributed by atoms with Crippen molar-refractivity contribution in [2.45, 2.75) is 19.9 Å². The molecule has 0 radical (unpaired) electrons. The van der Waals surface area contributed by atoms with Gasteiger partial charge in [0.25, 0.3) is 0 Å². The molecule has 1 heterocycles. The summed E-state index contributed by atoms with van der Waals surface area (Å²) in [4.78, 5) is 11.3. The molecule has 90 valence electrons. The first kappa shape index (κ1) is 12.3. The molecular formula is C12H13NO2S2. The Hall–Kier alpha value is -1.20. The molecular weight excluding hydrogens is 254 g/mol. The minimum atomic E-state index is -0.176. The number of nitrogens with zero attached hydrogens (tertiary/aromatic N) is 1. The summed E-state index contributed by atoms with van der Waals surface area (Å²) in [5.74, 6) is -0.176. The summed E-state index contributed by atoms with van der Waals surface area (Å²) in [5.41, 5.74) is 1.09. The number of hydrogen-bond donors (Lipinski definition) is 0. The van der Waals surface area contributed by atoms with Crippen LogP contribution in [0.15, 0.2) is 24.3 Å². The molecule has 0 bridgehead atoms. The number of para-hydroxylation sites is 1. The van der Waals surface area contributed by atoms with Crippen LogP contribution in [0.5, 0.6) is 0 Å². The Morgan fingerprint density at radius 1 is 1.47 bits per heavy atom. The molecule has 0 aliphatic rings. The number of thiazole rings is 1. The molecule has 5 heteroatoms. The Labute approximate surface area is 109 Å². The number of esters is 1. The van der Waals surface area contributed by atoms with Crippen LogP contribution in [0.2, 0.25) is 0 Å². The number of aromatic nitrogens is 1. The maximum atomic E-state index is 11.3. The van der Waals surface area contributed by atoms with Crippen molar-refractivity contribution in [2.75, 3.05) is 6.61 Å². The summed E-state index contributed by atoms with van der Waals surface area (Å²) in [6.45, 7) is 2.82. The van der Waals surface area contributed by atoms with Gasteiger partial charge < -0.3 is 9.30 Å². The van der Waals surface area contributed by atoms with Crippen molar-refractivity contribution < 1.29 is 9.53 Å². The van der Waals surface area contributed by atoms with Gasteiger partial charge in [-0.25, -0.2) is 0 Å². The summed E-state index contributed by atoms with van der Waals surface area (Å²) < 4.78 is 8.86. The zero-order chi connectivity index (χ0) is 12.3. The first-order valence-corrected chi connectivity index (χ1v) is 6.69. The van der Waals surface area contributed by atoms with E-state index in [0.29, 0.717) is 19.6 Å². The van der Waals surface area contributed by atoms with Crippen molar-refractivity contribution >= 4 is 39.7 Å². The third-order valence-electron chi connectivity index (χ3n) is 2.42. The summed E-state index contributed by atoms with van der Waals surface area (Å²) in [6, 6.07) is 8.03. The fourth-order valence-corrected chi connectivity index (χ4v) is 3.04. The van der Waals surface area contributed by atoms with Crippen LogP contribution in [0.25, 0.3) is 10.2 Å². The average molecular weight is 267 g/mol. The number of hydrogen-bond acceptors (Lipinski definition) is 4. The lowest BCUT2D eigenvalue weighted by Crippen LogP contribution is -2.08. The Balaban J connectivity index is 2.21. The lowest BCUT2D eigenvalue weighted by molar-refractivity contribution is -0.143. The normalized spacial score (nSPS) is 10.6. The van der Waals surface area contributed by atoms with Crippen molar-refractivity contribution in [1.29, 1.82) is 0 Å². The molecule has 0 aliphatic heterocycles. The van der Waals surface area contributed by atoms with Gasteiger partial charge in [0.05, 0.1) is 23.2 Å². The van der Waals surface area contributed by atoms with Crippen molar-refractivity contribution in [1.82, 2.24) is 4.57 Å². The number of carbonyl (C=O) groups is 1. The molecule has 2 aromatic rings. The first-order chi connectivity index (χ1) is 8.22. The van der Waals surface area contributed by atoms with E-state index >= 15 is 0 Å². The van der Waals surface area contributed by atoms with Crippen LogP contribution in [0, 0.1) is 3.95 Å². The lowest BCUT2D eigenvalue weighted by Gasteiger charge is -2.04. The molecule has 3 nitrogen and oxygen atoms in total. The molecule has 1 aromatic heterocycles. The molecule has 2 rings (SSSR count). The Morgan fingerprint density at radius 2 is 2.24 bits per heavy atom. The zero-order valence-electron chi connectivity index (χ0n) is 9.51. The van der Waals surface area contributed by atoms with E-state index in [1.165, 1.54) is 0 Å². The highest BCUT2D eigenvalue weighted by Gasteiger charge is 2.07. The van der Waals surface area contributed by atoms with Crippen molar-refractivity contribution in [3.8, 4) is 0 Å². The van der Waals surface area contributed by atoms with Gasteiger partial charge in [-0.05, 0) is 31.3 Å². The standard InChI is InChI=1S/C12H13NO2S2/c1-2-15-11(14)7-8-13-9-5-3-4-6-10(9)17-12(13)16/h3-6H,2,7-8H2,1H3. The van der Waals surface area contributed by atoms with E-state index in [0.717, 1.165) is 14.2 Å². The van der Waals surface area contributed by atoms with Gasteiger partial charge in [0.2, 0.25) is 0 Å². The smallest absolute Gasteiger partial charge is 0.307 e. The molecule has 0 unspecified atom stereocenters. The van der Waals surface area contributed by atoms with Crippen LogP contribution < -0.4 is 0 Å². The number of carbonyl (C=O) groups excluding carboxylic acids is 1. The minimum absolute atomic E-state index is 0.176. The predicted octanol–water partition coefficient (Wildman–Crippen LogP) is 3.39. The van der Waals surface area contributed by atoms with E-state index in [2.05, 4.69) is 0 Å². The highest BCUT2D eigenvalue weighted by molar-refractivity contribution is 7.73. The van der Waals surface area contributed by atoms with E-state index in [1.807, 2.05) is 35.8 Å². The summed E-state index contributed by atoms with van der Waals surface area (Å²) >= 11 is 6.87. The van der Waals surface area contributed by atoms with Crippen LogP contribution in [-0.4, -0.2) is 17.1 Å². The monoisotopic (exact) mass is 267 g/mol. The van der Waals surface area contributed by atoms with Crippen molar-refractivity contribution in [3.05, 3.63) is 28.2 Å². The first-order valence-electron chi connectivity index (χ1n) is 5.46. The molecule has 0 spiro atoms. The van der Waals surface area contributed by atoms with Crippen LogP contribution >= 0.6 is 23.6 Å². The van der Waals surface area contributed by atoms with E-state index in [9.17, 15) is 4.79 Å². The molecule has 1 aromatic carbocycles. The van der Waals surface area contributed by atoms with Gasteiger partial charge in [0, 0.05) is 6.54 Å². The highest BCUT2D eigenvalue weighted by atomic mass is 32.1. The number of fused-ring (bicyclic) bond motifs is 1. The molecule has 17 heavy (non-hydrogen) atoms. The van der Waals surface area contributed by atoms with Gasteiger partial charge in [-0.1, -0.05) is 12.1 Å². The predicted molar refractivity (Wildman–Crippen MR) is 71.9 cm³/mol. The topological polar surface area (TPSA) is 31.2 Å². The fourth-order valence-electron chi connectivity index (χ4n) is 1.66. The number of aryl methyl sites for hydroxylation is 1. The second-order valence-corrected chi connectivity index (χ2v) is 5.22. The average Bonchev–Trinajstić information content (AvgIpc) is 2.62. The number of benzene rings is 1. The highest BCUT2D eigenvalue weighted by Crippen LogP contribution is 2.22. The third kappa shape index (κ3) is 2.73. The van der Waals surface area contributed by atoms with Crippen LogP contribution in [0.1, 0.15) is 13.3 Å². The quantitative estimate of drug-likeness (QED) is 0.628. The summed E-state index contributed by atoms with van der Waals surface area (Å²) in [5, 5.41) is 0. The van der Waals surface area contributed by atoms with E-state index in [1.54, 1.807) is 11.3 Å². The van der Waals surface area contributed by atoms with Crippen LogP contribution in [-0.2, 0) is 16.1 Å². The largest absolute Gasteiger partial charge is 0.466 e. The molecule has 0 saturated carbocycles. The maximum absolute atomic E-state index is 11.3. The van der Waals surface area contributed by atoms with Gasteiger partial charge in [-0.15, -0.1) is 11.3 Å². The SMILES string of the molecule is CCOC(=O)CCn1c(=S)sc2ccccc21. The Kier molecular flexibility index (Phi) is 3.91. The van der Waals surface area contributed by atoms with Gasteiger partial charge in [0.1, 0.15) is 0 Å². The molecule has 0 atom stereocenters. The molecule has 0 N–H and O–H groups in total. The van der Waals surface area contributed by atoms with Gasteiger partial charge >= 0.3 is 5.97 Å². The molecule has 0 aliphatic carbocycles. The lowest BCUT2D eigenvalue weighted by atomic mass is 10.3. The second kappa shape index (κ2) is 5.42. The van der Waals surface area contributed by atoms with E-state index in [-0.39, 0.29) is 5.97 Å². The zero-order valence-corrected chi connectivity index (χ0v) is 11.1. The van der Waals surface area contributed by atoms with E-state index < -0.39 is 0 Å². The van der Waals surface area contributed by atoms with Gasteiger partial charge in [0.15, 0.2) is 3.95 Å². The number of ether oxygens (including phenoxy) is 1. The Morgan fingerprint density at radius 3 is 3.00 bits per heavy atom. The van der Waals surface area contributed by atoms with Gasteiger partial charge in [-0.3, -0.25) is 4.79 Å². The minimum Gasteiger partial charge on any atom is -0.466 e. The molecule has 0 fully saturated rings.